The smallest absolute Gasteiger partial charge is 0.243 e. The topological polar surface area (TPSA) is 46.9 Å². The number of aromatic nitrogens is 2. The van der Waals surface area contributed by atoms with Crippen molar-refractivity contribution in [1.29, 1.82) is 0 Å². The van der Waals surface area contributed by atoms with Gasteiger partial charge in [0.05, 0.1) is 11.7 Å². The SMILES string of the molecule is C=CC(=O)NC(C)c1cn(C)nc1C. The van der Waals surface area contributed by atoms with Crippen LogP contribution in [0.25, 0.3) is 0 Å². The molecule has 0 aliphatic rings. The van der Waals surface area contributed by atoms with Crippen molar-refractivity contribution in [2.45, 2.75) is 19.9 Å². The van der Waals surface area contributed by atoms with Gasteiger partial charge >= 0.3 is 0 Å². The summed E-state index contributed by atoms with van der Waals surface area (Å²) in [7, 11) is 1.86. The van der Waals surface area contributed by atoms with Crippen molar-refractivity contribution in [3.8, 4) is 0 Å². The van der Waals surface area contributed by atoms with Gasteiger partial charge in [-0.2, -0.15) is 5.10 Å². The Morgan fingerprint density at radius 2 is 2.43 bits per heavy atom. The van der Waals surface area contributed by atoms with Crippen LogP contribution in [0.2, 0.25) is 0 Å². The Bertz CT molecular complexity index is 354. The van der Waals surface area contributed by atoms with Gasteiger partial charge in [0.2, 0.25) is 5.91 Å². The molecular weight excluding hydrogens is 178 g/mol. The standard InChI is InChI=1S/C10H15N3O/c1-5-10(14)11-7(2)9-6-13(4)12-8(9)3/h5-7H,1H2,2-4H3,(H,11,14). The van der Waals surface area contributed by atoms with Crippen LogP contribution < -0.4 is 5.32 Å². The summed E-state index contributed by atoms with van der Waals surface area (Å²) in [5.41, 5.74) is 1.96. The summed E-state index contributed by atoms with van der Waals surface area (Å²) in [5.74, 6) is -0.166. The van der Waals surface area contributed by atoms with Crippen LogP contribution in [-0.2, 0) is 11.8 Å². The molecule has 1 amide bonds. The van der Waals surface area contributed by atoms with Crippen LogP contribution in [0.4, 0.5) is 0 Å². The van der Waals surface area contributed by atoms with Gasteiger partial charge in [0.15, 0.2) is 0 Å². The Labute approximate surface area is 83.6 Å². The highest BCUT2D eigenvalue weighted by molar-refractivity contribution is 5.87. The summed E-state index contributed by atoms with van der Waals surface area (Å²) >= 11 is 0. The number of nitrogens with zero attached hydrogens (tertiary/aromatic N) is 2. The second-order valence-corrected chi connectivity index (χ2v) is 3.28. The van der Waals surface area contributed by atoms with E-state index in [0.29, 0.717) is 0 Å². The van der Waals surface area contributed by atoms with Crippen molar-refractivity contribution in [3.63, 3.8) is 0 Å². The Hall–Kier alpha value is -1.58. The Balaban J connectivity index is 2.78. The van der Waals surface area contributed by atoms with Crippen LogP contribution in [0, 0.1) is 6.92 Å². The molecule has 0 fully saturated rings. The van der Waals surface area contributed by atoms with Crippen molar-refractivity contribution in [3.05, 3.63) is 30.1 Å². The van der Waals surface area contributed by atoms with E-state index >= 15 is 0 Å². The van der Waals surface area contributed by atoms with E-state index in [1.807, 2.05) is 27.1 Å². The molecular formula is C10H15N3O. The molecule has 0 aliphatic carbocycles. The second kappa shape index (κ2) is 4.09. The third-order valence-electron chi connectivity index (χ3n) is 2.06. The molecule has 1 aromatic heterocycles. The normalized spacial score (nSPS) is 12.2. The summed E-state index contributed by atoms with van der Waals surface area (Å²) < 4.78 is 1.74. The minimum Gasteiger partial charge on any atom is -0.346 e. The summed E-state index contributed by atoms with van der Waals surface area (Å²) in [5, 5.41) is 6.99. The van der Waals surface area contributed by atoms with Gasteiger partial charge in [0.25, 0.3) is 0 Å². The van der Waals surface area contributed by atoms with Crippen LogP contribution in [0.5, 0.6) is 0 Å². The zero-order chi connectivity index (χ0) is 10.7. The highest BCUT2D eigenvalue weighted by Gasteiger charge is 2.12. The minimum atomic E-state index is -0.166. The number of rotatable bonds is 3. The number of hydrogen-bond donors (Lipinski definition) is 1. The molecule has 76 valence electrons. The zero-order valence-corrected chi connectivity index (χ0v) is 8.74. The fourth-order valence-electron chi connectivity index (χ4n) is 1.39. The summed E-state index contributed by atoms with van der Waals surface area (Å²) in [4.78, 5) is 11.1. The first-order chi connectivity index (χ1) is 6.54. The van der Waals surface area contributed by atoms with Gasteiger partial charge in [0, 0.05) is 18.8 Å². The highest BCUT2D eigenvalue weighted by Crippen LogP contribution is 2.14. The average molecular weight is 193 g/mol. The molecule has 1 unspecified atom stereocenters. The minimum absolute atomic E-state index is 0.0331. The van der Waals surface area contributed by atoms with Crippen molar-refractivity contribution < 1.29 is 4.79 Å². The van der Waals surface area contributed by atoms with E-state index in [4.69, 9.17) is 0 Å². The maximum Gasteiger partial charge on any atom is 0.243 e. The van der Waals surface area contributed by atoms with Crippen LogP contribution in [0.3, 0.4) is 0 Å². The second-order valence-electron chi connectivity index (χ2n) is 3.28. The molecule has 1 rings (SSSR count). The molecule has 0 saturated carbocycles. The van der Waals surface area contributed by atoms with Crippen molar-refractivity contribution in [2.24, 2.45) is 7.05 Å². The highest BCUT2D eigenvalue weighted by atomic mass is 16.1. The first-order valence-corrected chi connectivity index (χ1v) is 4.47. The van der Waals surface area contributed by atoms with Crippen LogP contribution in [0.15, 0.2) is 18.9 Å². The first kappa shape index (κ1) is 10.5. The van der Waals surface area contributed by atoms with E-state index in [9.17, 15) is 4.79 Å². The molecule has 0 aliphatic heterocycles. The van der Waals surface area contributed by atoms with Gasteiger partial charge in [-0.15, -0.1) is 0 Å². The van der Waals surface area contributed by atoms with Crippen LogP contribution in [-0.4, -0.2) is 15.7 Å². The van der Waals surface area contributed by atoms with Crippen LogP contribution in [0.1, 0.15) is 24.2 Å². The lowest BCUT2D eigenvalue weighted by Crippen LogP contribution is -2.24. The lowest BCUT2D eigenvalue weighted by Gasteiger charge is -2.10. The average Bonchev–Trinajstić information content (AvgIpc) is 2.45. The van der Waals surface area contributed by atoms with Crippen molar-refractivity contribution >= 4 is 5.91 Å². The molecule has 0 bridgehead atoms. The zero-order valence-electron chi connectivity index (χ0n) is 8.74. The molecule has 0 radical (unpaired) electrons. The van der Waals surface area contributed by atoms with Gasteiger partial charge in [0.1, 0.15) is 0 Å². The van der Waals surface area contributed by atoms with E-state index in [2.05, 4.69) is 17.0 Å². The predicted octanol–water partition coefficient (Wildman–Crippen LogP) is 1.09. The van der Waals surface area contributed by atoms with Crippen LogP contribution >= 0.6 is 0 Å². The quantitative estimate of drug-likeness (QED) is 0.730. The van der Waals surface area contributed by atoms with Gasteiger partial charge in [-0.05, 0) is 19.9 Å². The fraction of sp³-hybridized carbons (Fsp3) is 0.400. The predicted molar refractivity (Wildman–Crippen MR) is 54.7 cm³/mol. The molecule has 1 heterocycles. The van der Waals surface area contributed by atoms with Gasteiger partial charge in [-0.3, -0.25) is 9.48 Å². The number of carbonyl (C=O) groups is 1. The number of amides is 1. The third-order valence-corrected chi connectivity index (χ3v) is 2.06. The Morgan fingerprint density at radius 3 is 2.86 bits per heavy atom. The summed E-state index contributed by atoms with van der Waals surface area (Å²) in [6, 6.07) is -0.0331. The summed E-state index contributed by atoms with van der Waals surface area (Å²) in [6.07, 6.45) is 3.17. The molecule has 0 saturated heterocycles. The number of aryl methyl sites for hydroxylation is 2. The van der Waals surface area contributed by atoms with Crippen molar-refractivity contribution in [1.82, 2.24) is 15.1 Å². The largest absolute Gasteiger partial charge is 0.346 e. The number of nitrogens with one attached hydrogen (secondary N) is 1. The third kappa shape index (κ3) is 2.22. The lowest BCUT2D eigenvalue weighted by molar-refractivity contribution is -0.117. The van der Waals surface area contributed by atoms with E-state index in [1.165, 1.54) is 6.08 Å². The van der Waals surface area contributed by atoms with Gasteiger partial charge in [-0.1, -0.05) is 6.58 Å². The molecule has 1 N–H and O–H groups in total. The molecule has 4 heteroatoms. The molecule has 0 spiro atoms. The van der Waals surface area contributed by atoms with E-state index in [0.717, 1.165) is 11.3 Å². The maximum absolute atomic E-state index is 11.1. The molecule has 0 aromatic carbocycles. The maximum atomic E-state index is 11.1. The van der Waals surface area contributed by atoms with Gasteiger partial charge in [-0.25, -0.2) is 0 Å². The fourth-order valence-corrected chi connectivity index (χ4v) is 1.39. The summed E-state index contributed by atoms with van der Waals surface area (Å²) in [6.45, 7) is 7.25. The van der Waals surface area contributed by atoms with Crippen molar-refractivity contribution in [2.75, 3.05) is 0 Å². The molecule has 1 aromatic rings. The van der Waals surface area contributed by atoms with E-state index in [1.54, 1.807) is 4.68 Å². The lowest BCUT2D eigenvalue weighted by atomic mass is 10.1. The molecule has 4 nitrogen and oxygen atoms in total. The van der Waals surface area contributed by atoms with E-state index in [-0.39, 0.29) is 11.9 Å². The Morgan fingerprint density at radius 1 is 1.79 bits per heavy atom. The van der Waals surface area contributed by atoms with E-state index < -0.39 is 0 Å². The molecule has 14 heavy (non-hydrogen) atoms. The number of carbonyl (C=O) groups excluding carboxylic acids is 1. The Kier molecular flexibility index (Phi) is 3.06. The monoisotopic (exact) mass is 193 g/mol. The number of hydrogen-bond acceptors (Lipinski definition) is 2. The van der Waals surface area contributed by atoms with Gasteiger partial charge < -0.3 is 5.32 Å². The first-order valence-electron chi connectivity index (χ1n) is 4.47. The molecule has 1 atom stereocenters.